The van der Waals surface area contributed by atoms with Crippen molar-refractivity contribution < 1.29 is 9.18 Å². The van der Waals surface area contributed by atoms with Gasteiger partial charge in [-0.3, -0.25) is 9.69 Å². The molecule has 110 valence electrons. The Labute approximate surface area is 119 Å². The van der Waals surface area contributed by atoms with Gasteiger partial charge in [-0.1, -0.05) is 18.9 Å². The lowest BCUT2D eigenvalue weighted by atomic mass is 9.90. The molecule has 0 aromatic heterocycles. The molecule has 0 saturated heterocycles. The molecule has 1 fully saturated rings. The number of amides is 1. The van der Waals surface area contributed by atoms with Crippen LogP contribution in [0.4, 0.5) is 10.1 Å². The molecule has 5 heteroatoms. The van der Waals surface area contributed by atoms with Crippen LogP contribution in [0.3, 0.4) is 0 Å². The van der Waals surface area contributed by atoms with Crippen molar-refractivity contribution in [3.63, 3.8) is 0 Å². The lowest BCUT2D eigenvalue weighted by molar-refractivity contribution is -0.117. The molecule has 1 saturated carbocycles. The maximum Gasteiger partial charge on any atom is 0.238 e. The third-order valence-electron chi connectivity index (χ3n) is 3.85. The fourth-order valence-corrected chi connectivity index (χ4v) is 2.80. The van der Waals surface area contributed by atoms with E-state index >= 15 is 0 Å². The van der Waals surface area contributed by atoms with E-state index in [4.69, 9.17) is 5.73 Å². The molecule has 2 rings (SSSR count). The van der Waals surface area contributed by atoms with Gasteiger partial charge >= 0.3 is 0 Å². The lowest BCUT2D eigenvalue weighted by Crippen LogP contribution is -2.50. The average molecular weight is 279 g/mol. The van der Waals surface area contributed by atoms with E-state index in [2.05, 4.69) is 5.32 Å². The molecular formula is C15H22FN3O. The fourth-order valence-electron chi connectivity index (χ4n) is 2.80. The van der Waals surface area contributed by atoms with Gasteiger partial charge in [-0.05, 0) is 38.1 Å². The van der Waals surface area contributed by atoms with E-state index in [-0.39, 0.29) is 30.4 Å². The first-order valence-corrected chi connectivity index (χ1v) is 7.07. The summed E-state index contributed by atoms with van der Waals surface area (Å²) >= 11 is 0. The van der Waals surface area contributed by atoms with E-state index in [9.17, 15) is 9.18 Å². The van der Waals surface area contributed by atoms with Gasteiger partial charge in [0, 0.05) is 17.8 Å². The van der Waals surface area contributed by atoms with Crippen molar-refractivity contribution in [3.05, 3.63) is 30.1 Å². The Morgan fingerprint density at radius 2 is 2.20 bits per heavy atom. The second-order valence-electron chi connectivity index (χ2n) is 5.49. The normalized spacial score (nSPS) is 22.8. The van der Waals surface area contributed by atoms with Crippen LogP contribution in [0.25, 0.3) is 0 Å². The second kappa shape index (κ2) is 6.81. The molecule has 4 nitrogen and oxygen atoms in total. The number of nitrogens with zero attached hydrogens (tertiary/aromatic N) is 1. The molecule has 1 amide bonds. The van der Waals surface area contributed by atoms with Crippen LogP contribution in [-0.4, -0.2) is 36.5 Å². The summed E-state index contributed by atoms with van der Waals surface area (Å²) in [5.74, 6) is -0.499. The number of rotatable bonds is 4. The van der Waals surface area contributed by atoms with Crippen LogP contribution in [0.1, 0.15) is 25.7 Å². The average Bonchev–Trinajstić information content (AvgIpc) is 2.38. The van der Waals surface area contributed by atoms with Crippen molar-refractivity contribution in [2.45, 2.75) is 37.8 Å². The summed E-state index contributed by atoms with van der Waals surface area (Å²) in [5.41, 5.74) is 6.59. The molecule has 2 unspecified atom stereocenters. The standard InChI is InChI=1S/C15H22FN3O/c1-19(14-8-3-2-7-13(14)17)10-15(20)18-12-6-4-5-11(16)9-12/h4-6,9,13-14H,2-3,7-8,10,17H2,1H3,(H,18,20). The van der Waals surface area contributed by atoms with E-state index in [0.717, 1.165) is 19.3 Å². The molecule has 0 bridgehead atoms. The van der Waals surface area contributed by atoms with Crippen molar-refractivity contribution in [1.82, 2.24) is 4.90 Å². The third kappa shape index (κ3) is 4.02. The molecule has 0 radical (unpaired) electrons. The highest BCUT2D eigenvalue weighted by Crippen LogP contribution is 2.21. The lowest BCUT2D eigenvalue weighted by Gasteiger charge is -2.35. The van der Waals surface area contributed by atoms with Crippen LogP contribution in [0.2, 0.25) is 0 Å². The Bertz CT molecular complexity index is 466. The molecule has 3 N–H and O–H groups in total. The minimum absolute atomic E-state index is 0.135. The van der Waals surface area contributed by atoms with Crippen LogP contribution < -0.4 is 11.1 Å². The van der Waals surface area contributed by atoms with Gasteiger partial charge in [-0.2, -0.15) is 0 Å². The van der Waals surface area contributed by atoms with Gasteiger partial charge in [0.15, 0.2) is 0 Å². The predicted octanol–water partition coefficient (Wildman–Crippen LogP) is 1.97. The quantitative estimate of drug-likeness (QED) is 0.886. The van der Waals surface area contributed by atoms with Crippen LogP contribution in [0, 0.1) is 5.82 Å². The SMILES string of the molecule is CN(CC(=O)Nc1cccc(F)c1)C1CCCCC1N. The maximum atomic E-state index is 13.0. The third-order valence-corrected chi connectivity index (χ3v) is 3.85. The number of nitrogens with one attached hydrogen (secondary N) is 1. The number of nitrogens with two attached hydrogens (primary N) is 1. The topological polar surface area (TPSA) is 58.4 Å². The minimum Gasteiger partial charge on any atom is -0.326 e. The Morgan fingerprint density at radius 1 is 1.45 bits per heavy atom. The summed E-state index contributed by atoms with van der Waals surface area (Å²) in [4.78, 5) is 14.0. The molecule has 1 aromatic carbocycles. The van der Waals surface area contributed by atoms with Gasteiger partial charge < -0.3 is 11.1 Å². The van der Waals surface area contributed by atoms with Crippen molar-refractivity contribution in [2.24, 2.45) is 5.73 Å². The van der Waals surface area contributed by atoms with Gasteiger partial charge in [0.25, 0.3) is 0 Å². The van der Waals surface area contributed by atoms with E-state index < -0.39 is 0 Å². The van der Waals surface area contributed by atoms with Gasteiger partial charge in [0.05, 0.1) is 6.54 Å². The van der Waals surface area contributed by atoms with Crippen LogP contribution in [0.5, 0.6) is 0 Å². The van der Waals surface area contributed by atoms with Crippen LogP contribution in [0.15, 0.2) is 24.3 Å². The molecule has 1 aliphatic carbocycles. The zero-order chi connectivity index (χ0) is 14.5. The summed E-state index contributed by atoms with van der Waals surface area (Å²) < 4.78 is 13.0. The summed E-state index contributed by atoms with van der Waals surface area (Å²) in [7, 11) is 1.92. The van der Waals surface area contributed by atoms with Crippen molar-refractivity contribution in [3.8, 4) is 0 Å². The molecular weight excluding hydrogens is 257 g/mol. The molecule has 2 atom stereocenters. The Hall–Kier alpha value is -1.46. The number of hydrogen-bond donors (Lipinski definition) is 2. The Balaban J connectivity index is 1.87. The number of carbonyl (C=O) groups excluding carboxylic acids is 1. The number of halogens is 1. The van der Waals surface area contributed by atoms with E-state index in [0.29, 0.717) is 5.69 Å². The smallest absolute Gasteiger partial charge is 0.238 e. The van der Waals surface area contributed by atoms with Crippen LogP contribution in [-0.2, 0) is 4.79 Å². The molecule has 1 aliphatic rings. The first kappa shape index (κ1) is 14.9. The first-order chi connectivity index (χ1) is 9.56. The summed E-state index contributed by atoms with van der Waals surface area (Å²) in [6.07, 6.45) is 4.38. The van der Waals surface area contributed by atoms with E-state index in [1.807, 2.05) is 11.9 Å². The summed E-state index contributed by atoms with van der Waals surface area (Å²) in [5, 5.41) is 2.71. The zero-order valence-electron chi connectivity index (χ0n) is 11.8. The molecule has 0 heterocycles. The number of likely N-dealkylation sites (N-methyl/N-ethyl adjacent to an activating group) is 1. The fraction of sp³-hybridized carbons (Fsp3) is 0.533. The van der Waals surface area contributed by atoms with Gasteiger partial charge in [0.1, 0.15) is 5.82 Å². The first-order valence-electron chi connectivity index (χ1n) is 7.07. The highest BCUT2D eigenvalue weighted by atomic mass is 19.1. The van der Waals surface area contributed by atoms with Gasteiger partial charge in [-0.15, -0.1) is 0 Å². The minimum atomic E-state index is -0.356. The zero-order valence-corrected chi connectivity index (χ0v) is 11.8. The summed E-state index contributed by atoms with van der Waals surface area (Å²) in [6.45, 7) is 0.273. The second-order valence-corrected chi connectivity index (χ2v) is 5.49. The maximum absolute atomic E-state index is 13.0. The number of benzene rings is 1. The Kier molecular flexibility index (Phi) is 5.09. The van der Waals surface area contributed by atoms with Crippen molar-refractivity contribution in [1.29, 1.82) is 0 Å². The van der Waals surface area contributed by atoms with E-state index in [1.165, 1.54) is 18.6 Å². The summed E-state index contributed by atoms with van der Waals surface area (Å²) in [6, 6.07) is 6.30. The highest BCUT2D eigenvalue weighted by molar-refractivity contribution is 5.92. The van der Waals surface area contributed by atoms with Crippen molar-refractivity contribution in [2.75, 3.05) is 18.9 Å². The van der Waals surface area contributed by atoms with Gasteiger partial charge in [-0.25, -0.2) is 4.39 Å². The number of carbonyl (C=O) groups is 1. The molecule has 1 aromatic rings. The van der Waals surface area contributed by atoms with E-state index in [1.54, 1.807) is 12.1 Å². The monoisotopic (exact) mass is 279 g/mol. The number of hydrogen-bond acceptors (Lipinski definition) is 3. The number of anilines is 1. The van der Waals surface area contributed by atoms with Crippen molar-refractivity contribution >= 4 is 11.6 Å². The molecule has 0 aliphatic heterocycles. The highest BCUT2D eigenvalue weighted by Gasteiger charge is 2.26. The largest absolute Gasteiger partial charge is 0.326 e. The Morgan fingerprint density at radius 3 is 2.90 bits per heavy atom. The molecule has 0 spiro atoms. The van der Waals surface area contributed by atoms with Gasteiger partial charge in [0.2, 0.25) is 5.91 Å². The van der Waals surface area contributed by atoms with Crippen LogP contribution >= 0.6 is 0 Å². The predicted molar refractivity (Wildman–Crippen MR) is 77.9 cm³/mol. The molecule has 20 heavy (non-hydrogen) atoms.